The van der Waals surface area contributed by atoms with Crippen LogP contribution >= 0.6 is 23.1 Å². The topological polar surface area (TPSA) is 80.3 Å². The van der Waals surface area contributed by atoms with Crippen molar-refractivity contribution in [3.63, 3.8) is 0 Å². The Bertz CT molecular complexity index is 1560. The van der Waals surface area contributed by atoms with Gasteiger partial charge in [-0.3, -0.25) is 9.59 Å². The minimum absolute atomic E-state index is 0.139. The molecule has 0 saturated carbocycles. The summed E-state index contributed by atoms with van der Waals surface area (Å²) in [4.78, 5) is 30.6. The van der Waals surface area contributed by atoms with Crippen molar-refractivity contribution in [2.24, 2.45) is 0 Å². The summed E-state index contributed by atoms with van der Waals surface area (Å²) in [7, 11) is 1.62. The summed E-state index contributed by atoms with van der Waals surface area (Å²) in [6.45, 7) is 0. The molecule has 0 aliphatic carbocycles. The average Bonchev–Trinajstić information content (AvgIpc) is 3.40. The Hall–Kier alpha value is -4.14. The van der Waals surface area contributed by atoms with E-state index in [9.17, 15) is 9.59 Å². The highest BCUT2D eigenvalue weighted by molar-refractivity contribution is 8.00. The van der Waals surface area contributed by atoms with Gasteiger partial charge in [0.15, 0.2) is 5.13 Å². The monoisotopic (exact) mass is 525 g/mol. The molecule has 0 atom stereocenters. The first kappa shape index (κ1) is 24.5. The number of carbonyl (C=O) groups excluding carboxylic acids is 2. The molecule has 37 heavy (non-hydrogen) atoms. The van der Waals surface area contributed by atoms with Gasteiger partial charge in [-0.25, -0.2) is 4.98 Å². The fraction of sp³-hybridized carbons (Fsp3) is 0.0690. The van der Waals surface area contributed by atoms with E-state index in [1.54, 1.807) is 7.11 Å². The van der Waals surface area contributed by atoms with Crippen LogP contribution in [-0.2, 0) is 4.79 Å². The molecule has 8 heteroatoms. The molecule has 5 rings (SSSR count). The number of anilines is 2. The Kier molecular flexibility index (Phi) is 7.49. The van der Waals surface area contributed by atoms with Crippen LogP contribution in [0.5, 0.6) is 5.75 Å². The Morgan fingerprint density at radius 3 is 2.46 bits per heavy atom. The van der Waals surface area contributed by atoms with E-state index >= 15 is 0 Å². The van der Waals surface area contributed by atoms with E-state index in [1.807, 2.05) is 96.4 Å². The van der Waals surface area contributed by atoms with E-state index < -0.39 is 0 Å². The highest BCUT2D eigenvalue weighted by Gasteiger charge is 2.12. The minimum Gasteiger partial charge on any atom is -0.496 e. The quantitative estimate of drug-likeness (QED) is 0.214. The van der Waals surface area contributed by atoms with Gasteiger partial charge in [-0.15, -0.1) is 23.1 Å². The Labute approximate surface area is 222 Å². The van der Waals surface area contributed by atoms with Crippen molar-refractivity contribution in [3.05, 3.63) is 102 Å². The second-order valence-corrected chi connectivity index (χ2v) is 10.0. The highest BCUT2D eigenvalue weighted by Crippen LogP contribution is 2.32. The maximum absolute atomic E-state index is 12.7. The number of para-hydroxylation sites is 1. The van der Waals surface area contributed by atoms with E-state index in [0.717, 1.165) is 32.7 Å². The van der Waals surface area contributed by atoms with Crippen LogP contribution in [-0.4, -0.2) is 29.7 Å². The number of hydrogen-bond acceptors (Lipinski definition) is 6. The molecule has 6 nitrogen and oxygen atoms in total. The first-order valence-electron chi connectivity index (χ1n) is 11.5. The van der Waals surface area contributed by atoms with Gasteiger partial charge in [0.1, 0.15) is 5.75 Å². The second-order valence-electron chi connectivity index (χ2n) is 8.12. The second kappa shape index (κ2) is 11.3. The Morgan fingerprint density at radius 1 is 0.892 bits per heavy atom. The lowest BCUT2D eigenvalue weighted by Gasteiger charge is -2.08. The van der Waals surface area contributed by atoms with Crippen molar-refractivity contribution < 1.29 is 14.3 Å². The first-order valence-corrected chi connectivity index (χ1v) is 13.4. The molecular weight excluding hydrogens is 502 g/mol. The van der Waals surface area contributed by atoms with Crippen molar-refractivity contribution in [1.29, 1.82) is 0 Å². The van der Waals surface area contributed by atoms with E-state index in [-0.39, 0.29) is 17.6 Å². The van der Waals surface area contributed by atoms with Crippen LogP contribution in [0.25, 0.3) is 22.0 Å². The van der Waals surface area contributed by atoms with Crippen molar-refractivity contribution >= 4 is 56.5 Å². The van der Waals surface area contributed by atoms with E-state index in [2.05, 4.69) is 15.6 Å². The molecular formula is C29H23N3O3S2. The maximum Gasteiger partial charge on any atom is 0.255 e. The van der Waals surface area contributed by atoms with Gasteiger partial charge in [0, 0.05) is 27.1 Å². The number of thioether (sulfide) groups is 1. The fourth-order valence-corrected chi connectivity index (χ4v) is 5.21. The van der Waals surface area contributed by atoms with Gasteiger partial charge in [0.2, 0.25) is 5.91 Å². The van der Waals surface area contributed by atoms with Gasteiger partial charge >= 0.3 is 0 Å². The summed E-state index contributed by atoms with van der Waals surface area (Å²) in [5.41, 5.74) is 2.93. The number of aromatic nitrogens is 1. The molecule has 0 radical (unpaired) electrons. The number of nitrogens with zero attached hydrogens (tertiary/aromatic N) is 1. The largest absolute Gasteiger partial charge is 0.496 e. The van der Waals surface area contributed by atoms with Crippen molar-refractivity contribution in [2.45, 2.75) is 4.90 Å². The summed E-state index contributed by atoms with van der Waals surface area (Å²) in [5.74, 6) is 0.672. The summed E-state index contributed by atoms with van der Waals surface area (Å²) in [6, 6.07) is 28.7. The number of benzene rings is 4. The van der Waals surface area contributed by atoms with Crippen LogP contribution in [0.2, 0.25) is 0 Å². The normalized spacial score (nSPS) is 10.7. The number of nitrogens with one attached hydrogen (secondary N) is 2. The van der Waals surface area contributed by atoms with Gasteiger partial charge in [0.25, 0.3) is 5.91 Å². The van der Waals surface area contributed by atoms with Gasteiger partial charge in [0.05, 0.1) is 18.6 Å². The molecule has 0 saturated heterocycles. The van der Waals surface area contributed by atoms with E-state index in [1.165, 1.54) is 23.1 Å². The summed E-state index contributed by atoms with van der Waals surface area (Å²) in [6.07, 6.45) is 0. The molecule has 1 heterocycles. The van der Waals surface area contributed by atoms with Crippen LogP contribution < -0.4 is 15.4 Å². The molecule has 5 aromatic rings. The first-order chi connectivity index (χ1) is 18.1. The van der Waals surface area contributed by atoms with Crippen LogP contribution in [0.1, 0.15) is 10.4 Å². The van der Waals surface area contributed by atoms with Crippen LogP contribution in [0.4, 0.5) is 10.8 Å². The third kappa shape index (κ3) is 5.99. The number of hydrogen-bond donors (Lipinski definition) is 2. The smallest absolute Gasteiger partial charge is 0.255 e. The zero-order valence-electron chi connectivity index (χ0n) is 19.9. The number of ether oxygens (including phenoxy) is 1. The summed E-state index contributed by atoms with van der Waals surface area (Å²) in [5, 5.41) is 10.3. The molecule has 0 fully saturated rings. The highest BCUT2D eigenvalue weighted by atomic mass is 32.2. The number of methoxy groups -OCH3 is 1. The van der Waals surface area contributed by atoms with Gasteiger partial charge in [-0.05, 0) is 59.3 Å². The van der Waals surface area contributed by atoms with Crippen molar-refractivity contribution in [3.8, 4) is 17.0 Å². The van der Waals surface area contributed by atoms with Gasteiger partial charge in [-0.1, -0.05) is 42.5 Å². The molecule has 1 aromatic heterocycles. The zero-order chi connectivity index (χ0) is 25.6. The molecule has 4 aromatic carbocycles. The summed E-state index contributed by atoms with van der Waals surface area (Å²) < 4.78 is 5.40. The lowest BCUT2D eigenvalue weighted by molar-refractivity contribution is -0.113. The molecule has 0 bridgehead atoms. The number of rotatable bonds is 8. The predicted molar refractivity (Wildman–Crippen MR) is 152 cm³/mol. The van der Waals surface area contributed by atoms with Crippen LogP contribution in [0, 0.1) is 0 Å². The Morgan fingerprint density at radius 2 is 1.65 bits per heavy atom. The van der Waals surface area contributed by atoms with Crippen LogP contribution in [0.15, 0.2) is 101 Å². The molecule has 2 N–H and O–H groups in total. The number of fused-ring (bicyclic) bond motifs is 1. The lowest BCUT2D eigenvalue weighted by Crippen LogP contribution is -2.13. The standard InChI is InChI=1S/C29H23N3O3S2/c1-35-26-9-5-4-8-24(26)25-17-37-29(31-25)32-27(33)18-36-23-14-12-22(13-15-23)30-28(34)21-11-10-19-6-2-3-7-20(19)16-21/h2-17H,18H2,1H3,(H,30,34)(H,31,32,33). The number of carbonyl (C=O) groups is 2. The number of amides is 2. The van der Waals surface area contributed by atoms with Gasteiger partial charge in [-0.2, -0.15) is 0 Å². The summed E-state index contributed by atoms with van der Waals surface area (Å²) >= 11 is 2.79. The van der Waals surface area contributed by atoms with E-state index in [0.29, 0.717) is 16.4 Å². The average molecular weight is 526 g/mol. The maximum atomic E-state index is 12.7. The minimum atomic E-state index is -0.165. The molecule has 0 aliphatic heterocycles. The Balaban J connectivity index is 1.14. The molecule has 0 spiro atoms. The van der Waals surface area contributed by atoms with Gasteiger partial charge < -0.3 is 15.4 Å². The fourth-order valence-electron chi connectivity index (χ4n) is 3.78. The van der Waals surface area contributed by atoms with Crippen LogP contribution in [0.3, 0.4) is 0 Å². The molecule has 0 unspecified atom stereocenters. The third-order valence-electron chi connectivity index (χ3n) is 5.63. The molecule has 184 valence electrons. The lowest BCUT2D eigenvalue weighted by atomic mass is 10.1. The predicted octanol–water partition coefficient (Wildman–Crippen LogP) is 6.96. The zero-order valence-corrected chi connectivity index (χ0v) is 21.6. The molecule has 2 amide bonds. The van der Waals surface area contributed by atoms with Crippen molar-refractivity contribution in [2.75, 3.05) is 23.5 Å². The van der Waals surface area contributed by atoms with E-state index in [4.69, 9.17) is 4.74 Å². The van der Waals surface area contributed by atoms with Crippen molar-refractivity contribution in [1.82, 2.24) is 4.98 Å². The molecule has 0 aliphatic rings. The SMILES string of the molecule is COc1ccccc1-c1csc(NC(=O)CSc2ccc(NC(=O)c3ccc4ccccc4c3)cc2)n1. The number of thiazole rings is 1. The third-order valence-corrected chi connectivity index (χ3v) is 7.40.